The highest BCUT2D eigenvalue weighted by Crippen LogP contribution is 2.16. The highest BCUT2D eigenvalue weighted by molar-refractivity contribution is 4.77. The summed E-state index contributed by atoms with van der Waals surface area (Å²) in [4.78, 5) is 2.62. The SMILES string of the molecule is COCCCCCN1CCC(CNC(C)C)C1. The van der Waals surface area contributed by atoms with Crippen LogP contribution in [0.2, 0.25) is 0 Å². The first-order valence-electron chi connectivity index (χ1n) is 7.17. The Bertz CT molecular complexity index is 185. The molecule has 1 heterocycles. The standard InChI is InChI=1S/C14H30N2O/c1-13(2)15-11-14-7-9-16(12-14)8-5-4-6-10-17-3/h13-15H,4-12H2,1-3H3. The minimum absolute atomic E-state index is 0.623. The molecule has 3 nitrogen and oxygen atoms in total. The van der Waals surface area contributed by atoms with Gasteiger partial charge in [-0.1, -0.05) is 13.8 Å². The molecule has 0 bridgehead atoms. The second-order valence-corrected chi connectivity index (χ2v) is 5.57. The van der Waals surface area contributed by atoms with Crippen LogP contribution in [0, 0.1) is 5.92 Å². The van der Waals surface area contributed by atoms with Crippen LogP contribution in [-0.2, 0) is 4.74 Å². The van der Waals surface area contributed by atoms with Crippen molar-refractivity contribution in [1.82, 2.24) is 10.2 Å². The third-order valence-electron chi connectivity index (χ3n) is 3.51. The molecule has 0 aromatic rings. The van der Waals surface area contributed by atoms with Crippen LogP contribution in [0.4, 0.5) is 0 Å². The number of hydrogen-bond acceptors (Lipinski definition) is 3. The molecule has 1 fully saturated rings. The molecule has 1 atom stereocenters. The van der Waals surface area contributed by atoms with Gasteiger partial charge in [0.05, 0.1) is 0 Å². The summed E-state index contributed by atoms with van der Waals surface area (Å²) >= 11 is 0. The Kier molecular flexibility index (Phi) is 7.82. The molecule has 102 valence electrons. The number of ether oxygens (including phenoxy) is 1. The van der Waals surface area contributed by atoms with E-state index < -0.39 is 0 Å². The molecule has 0 amide bonds. The number of nitrogens with zero attached hydrogens (tertiary/aromatic N) is 1. The fourth-order valence-electron chi connectivity index (χ4n) is 2.44. The molecule has 1 saturated heterocycles. The lowest BCUT2D eigenvalue weighted by Crippen LogP contribution is -2.31. The predicted molar refractivity (Wildman–Crippen MR) is 73.4 cm³/mol. The van der Waals surface area contributed by atoms with Crippen LogP contribution in [0.25, 0.3) is 0 Å². The largest absolute Gasteiger partial charge is 0.385 e. The Balaban J connectivity index is 1.97. The maximum Gasteiger partial charge on any atom is 0.0462 e. The zero-order valence-electron chi connectivity index (χ0n) is 11.9. The third kappa shape index (κ3) is 7.02. The van der Waals surface area contributed by atoms with Crippen LogP contribution in [0.3, 0.4) is 0 Å². The van der Waals surface area contributed by atoms with Crippen molar-refractivity contribution in [3.05, 3.63) is 0 Å². The number of nitrogens with one attached hydrogen (secondary N) is 1. The van der Waals surface area contributed by atoms with Gasteiger partial charge in [-0.05, 0) is 51.2 Å². The van der Waals surface area contributed by atoms with Crippen LogP contribution < -0.4 is 5.32 Å². The highest BCUT2D eigenvalue weighted by atomic mass is 16.5. The summed E-state index contributed by atoms with van der Waals surface area (Å²) in [5.74, 6) is 0.872. The molecule has 1 N–H and O–H groups in total. The Morgan fingerprint density at radius 2 is 2.12 bits per heavy atom. The lowest BCUT2D eigenvalue weighted by molar-refractivity contribution is 0.190. The van der Waals surface area contributed by atoms with E-state index in [0.717, 1.165) is 12.5 Å². The zero-order chi connectivity index (χ0) is 12.5. The molecule has 0 spiro atoms. The van der Waals surface area contributed by atoms with Crippen LogP contribution in [0.1, 0.15) is 39.5 Å². The van der Waals surface area contributed by atoms with Crippen molar-refractivity contribution in [2.75, 3.05) is 39.9 Å². The molecule has 0 aromatic carbocycles. The molecule has 0 aliphatic carbocycles. The fourth-order valence-corrected chi connectivity index (χ4v) is 2.44. The average Bonchev–Trinajstić information content (AvgIpc) is 2.74. The molecule has 1 rings (SSSR count). The van der Waals surface area contributed by atoms with Gasteiger partial charge in [-0.15, -0.1) is 0 Å². The molecular formula is C14H30N2O. The molecular weight excluding hydrogens is 212 g/mol. The van der Waals surface area contributed by atoms with E-state index in [-0.39, 0.29) is 0 Å². The maximum atomic E-state index is 5.06. The fraction of sp³-hybridized carbons (Fsp3) is 1.00. The van der Waals surface area contributed by atoms with Crippen molar-refractivity contribution < 1.29 is 4.74 Å². The monoisotopic (exact) mass is 242 g/mol. The minimum Gasteiger partial charge on any atom is -0.385 e. The van der Waals surface area contributed by atoms with Gasteiger partial charge in [0.2, 0.25) is 0 Å². The summed E-state index contributed by atoms with van der Waals surface area (Å²) < 4.78 is 5.06. The predicted octanol–water partition coefficient (Wildman–Crippen LogP) is 2.12. The summed E-state index contributed by atoms with van der Waals surface area (Å²) in [5, 5.41) is 3.55. The van der Waals surface area contributed by atoms with Crippen LogP contribution in [0.15, 0.2) is 0 Å². The molecule has 0 aromatic heterocycles. The van der Waals surface area contributed by atoms with Gasteiger partial charge in [-0.3, -0.25) is 0 Å². The van der Waals surface area contributed by atoms with Crippen molar-refractivity contribution in [3.8, 4) is 0 Å². The molecule has 3 heteroatoms. The first kappa shape index (κ1) is 14.9. The van der Waals surface area contributed by atoms with Gasteiger partial charge in [0.1, 0.15) is 0 Å². The highest BCUT2D eigenvalue weighted by Gasteiger charge is 2.21. The lowest BCUT2D eigenvalue weighted by atomic mass is 10.1. The van der Waals surface area contributed by atoms with Crippen LogP contribution in [0.5, 0.6) is 0 Å². The van der Waals surface area contributed by atoms with Gasteiger partial charge in [0, 0.05) is 26.3 Å². The first-order valence-corrected chi connectivity index (χ1v) is 7.17. The molecule has 1 aliphatic rings. The van der Waals surface area contributed by atoms with Crippen LogP contribution >= 0.6 is 0 Å². The van der Waals surface area contributed by atoms with E-state index >= 15 is 0 Å². The van der Waals surface area contributed by atoms with Crippen molar-refractivity contribution in [3.63, 3.8) is 0 Å². The van der Waals surface area contributed by atoms with Gasteiger partial charge in [-0.25, -0.2) is 0 Å². The number of methoxy groups -OCH3 is 1. The van der Waals surface area contributed by atoms with Crippen molar-refractivity contribution in [2.24, 2.45) is 5.92 Å². The van der Waals surface area contributed by atoms with Gasteiger partial charge in [0.15, 0.2) is 0 Å². The minimum atomic E-state index is 0.623. The Hall–Kier alpha value is -0.120. The quantitative estimate of drug-likeness (QED) is 0.627. The molecule has 0 radical (unpaired) electrons. The van der Waals surface area contributed by atoms with E-state index in [1.165, 1.54) is 51.9 Å². The first-order chi connectivity index (χ1) is 8.22. The van der Waals surface area contributed by atoms with E-state index in [1.807, 2.05) is 0 Å². The lowest BCUT2D eigenvalue weighted by Gasteiger charge is -2.17. The second kappa shape index (κ2) is 8.90. The smallest absolute Gasteiger partial charge is 0.0462 e. The Morgan fingerprint density at radius 1 is 1.29 bits per heavy atom. The van der Waals surface area contributed by atoms with Gasteiger partial charge < -0.3 is 15.0 Å². The van der Waals surface area contributed by atoms with Crippen molar-refractivity contribution >= 4 is 0 Å². The van der Waals surface area contributed by atoms with Crippen molar-refractivity contribution in [1.29, 1.82) is 0 Å². The van der Waals surface area contributed by atoms with E-state index in [1.54, 1.807) is 7.11 Å². The molecule has 1 unspecified atom stereocenters. The Labute approximate surface area is 107 Å². The Morgan fingerprint density at radius 3 is 2.82 bits per heavy atom. The van der Waals surface area contributed by atoms with Gasteiger partial charge >= 0.3 is 0 Å². The van der Waals surface area contributed by atoms with E-state index in [2.05, 4.69) is 24.1 Å². The topological polar surface area (TPSA) is 24.5 Å². The van der Waals surface area contributed by atoms with E-state index in [0.29, 0.717) is 6.04 Å². The molecule has 1 aliphatic heterocycles. The summed E-state index contributed by atoms with van der Waals surface area (Å²) in [6, 6.07) is 0.623. The number of hydrogen-bond donors (Lipinski definition) is 1. The summed E-state index contributed by atoms with van der Waals surface area (Å²) in [5.41, 5.74) is 0. The summed E-state index contributed by atoms with van der Waals surface area (Å²) in [7, 11) is 1.78. The van der Waals surface area contributed by atoms with Gasteiger partial charge in [0.25, 0.3) is 0 Å². The normalized spacial score (nSPS) is 21.5. The average molecular weight is 242 g/mol. The number of rotatable bonds is 9. The number of likely N-dealkylation sites (tertiary alicyclic amines) is 1. The molecule has 0 saturated carbocycles. The third-order valence-corrected chi connectivity index (χ3v) is 3.51. The van der Waals surface area contributed by atoms with Crippen LogP contribution in [-0.4, -0.2) is 50.8 Å². The van der Waals surface area contributed by atoms with E-state index in [9.17, 15) is 0 Å². The van der Waals surface area contributed by atoms with Crippen molar-refractivity contribution in [2.45, 2.75) is 45.6 Å². The van der Waals surface area contributed by atoms with E-state index in [4.69, 9.17) is 4.74 Å². The summed E-state index contributed by atoms with van der Waals surface area (Å²) in [6.07, 6.45) is 5.22. The molecule has 17 heavy (non-hydrogen) atoms. The zero-order valence-corrected chi connectivity index (χ0v) is 11.9. The maximum absolute atomic E-state index is 5.06. The number of unbranched alkanes of at least 4 members (excludes halogenated alkanes) is 2. The second-order valence-electron chi connectivity index (χ2n) is 5.57. The van der Waals surface area contributed by atoms with Gasteiger partial charge in [-0.2, -0.15) is 0 Å². The summed E-state index contributed by atoms with van der Waals surface area (Å²) in [6.45, 7) is 10.4.